The van der Waals surface area contributed by atoms with Crippen molar-refractivity contribution in [1.82, 2.24) is 4.57 Å². The van der Waals surface area contributed by atoms with Gasteiger partial charge in [0.1, 0.15) is 11.6 Å². The van der Waals surface area contributed by atoms with E-state index in [0.717, 1.165) is 29.7 Å². The zero-order chi connectivity index (χ0) is 20.2. The van der Waals surface area contributed by atoms with Crippen LogP contribution in [0.4, 0.5) is 5.69 Å². The molecule has 3 heterocycles. The predicted molar refractivity (Wildman–Crippen MR) is 111 cm³/mol. The van der Waals surface area contributed by atoms with Gasteiger partial charge in [-0.05, 0) is 36.1 Å². The van der Waals surface area contributed by atoms with Gasteiger partial charge in [0.2, 0.25) is 5.88 Å². The molecule has 28 heavy (non-hydrogen) atoms. The lowest BCUT2D eigenvalue weighted by Gasteiger charge is -2.30. The molecule has 0 bridgehead atoms. The maximum absolute atomic E-state index is 12.7. The van der Waals surface area contributed by atoms with E-state index >= 15 is 0 Å². The molecule has 5 heteroatoms. The number of nitriles is 1. The molecule has 4 rings (SSSR count). The van der Waals surface area contributed by atoms with E-state index in [4.69, 9.17) is 0 Å². The van der Waals surface area contributed by atoms with Gasteiger partial charge in [0.15, 0.2) is 0 Å². The van der Waals surface area contributed by atoms with Crippen LogP contribution in [0.25, 0.3) is 12.7 Å². The van der Waals surface area contributed by atoms with Gasteiger partial charge in [-0.1, -0.05) is 38.6 Å². The minimum atomic E-state index is -0.369. The zero-order valence-electron chi connectivity index (χ0n) is 16.4. The number of nitrogens with zero attached hydrogens (tertiary/aromatic N) is 3. The van der Waals surface area contributed by atoms with Crippen molar-refractivity contribution in [2.45, 2.75) is 32.1 Å². The number of aromatic nitrogens is 1. The Labute approximate surface area is 163 Å². The van der Waals surface area contributed by atoms with Gasteiger partial charge in [-0.25, -0.2) is 0 Å². The van der Waals surface area contributed by atoms with E-state index in [9.17, 15) is 15.2 Å². The molecule has 142 valence electrons. The summed E-state index contributed by atoms with van der Waals surface area (Å²) in [5.41, 5.74) is 4.56. The lowest BCUT2D eigenvalue weighted by Crippen LogP contribution is -2.45. The monoisotopic (exact) mass is 373 g/mol. The summed E-state index contributed by atoms with van der Waals surface area (Å²) in [6.07, 6.45) is 5.88. The van der Waals surface area contributed by atoms with Gasteiger partial charge < -0.3 is 10.0 Å². The number of hydrogen-bond acceptors (Lipinski definition) is 4. The molecule has 0 radical (unpaired) electrons. The average molecular weight is 373 g/mol. The van der Waals surface area contributed by atoms with Crippen LogP contribution in [0, 0.1) is 11.3 Å². The Balaban J connectivity index is 1.97. The summed E-state index contributed by atoms with van der Waals surface area (Å²) in [7, 11) is 1.45. The Morgan fingerprint density at radius 3 is 2.79 bits per heavy atom. The molecule has 5 nitrogen and oxygen atoms in total. The van der Waals surface area contributed by atoms with Crippen LogP contribution in [-0.4, -0.2) is 16.2 Å². The number of aromatic hydroxyl groups is 1. The third-order valence-corrected chi connectivity index (χ3v) is 6.04. The fourth-order valence-electron chi connectivity index (χ4n) is 4.47. The van der Waals surface area contributed by atoms with E-state index in [1.807, 2.05) is 12.1 Å². The van der Waals surface area contributed by atoms with Crippen LogP contribution in [0.2, 0.25) is 0 Å². The molecule has 0 spiro atoms. The Morgan fingerprint density at radius 1 is 1.32 bits per heavy atom. The van der Waals surface area contributed by atoms with Crippen molar-refractivity contribution < 1.29 is 5.11 Å². The molecule has 2 aliphatic rings. The summed E-state index contributed by atoms with van der Waals surface area (Å²) < 4.78 is 1.09. The van der Waals surface area contributed by atoms with Crippen molar-refractivity contribution in [3.8, 4) is 11.9 Å². The summed E-state index contributed by atoms with van der Waals surface area (Å²) in [6.45, 7) is 9.21. The van der Waals surface area contributed by atoms with Crippen LogP contribution >= 0.6 is 0 Å². The summed E-state index contributed by atoms with van der Waals surface area (Å²) in [4.78, 5) is 15.0. The normalized spacial score (nSPS) is 19.0. The van der Waals surface area contributed by atoms with Gasteiger partial charge in [0, 0.05) is 40.8 Å². The van der Waals surface area contributed by atoms with E-state index in [1.165, 1.54) is 23.9 Å². The lowest BCUT2D eigenvalue weighted by atomic mass is 9.83. The molecule has 0 unspecified atom stereocenters. The number of para-hydroxylation sites is 1. The first-order valence-electron chi connectivity index (χ1n) is 9.42. The van der Waals surface area contributed by atoms with Crippen molar-refractivity contribution in [3.05, 3.63) is 67.5 Å². The van der Waals surface area contributed by atoms with Crippen molar-refractivity contribution in [2.24, 2.45) is 7.05 Å². The minimum absolute atomic E-state index is 0.0287. The minimum Gasteiger partial charge on any atom is -0.493 e. The van der Waals surface area contributed by atoms with E-state index in [2.05, 4.69) is 43.5 Å². The van der Waals surface area contributed by atoms with Gasteiger partial charge in [-0.3, -0.25) is 9.36 Å². The third kappa shape index (κ3) is 2.34. The summed E-state index contributed by atoms with van der Waals surface area (Å²) >= 11 is 0. The number of aryl methyl sites for hydroxylation is 1. The second kappa shape index (κ2) is 6.13. The first kappa shape index (κ1) is 18.1. The molecular weight excluding hydrogens is 350 g/mol. The van der Waals surface area contributed by atoms with Crippen LogP contribution in [0.5, 0.6) is 5.88 Å². The Hall–Kier alpha value is -3.26. The van der Waals surface area contributed by atoms with E-state index in [0.29, 0.717) is 5.22 Å². The Bertz CT molecular complexity index is 1240. The highest BCUT2D eigenvalue weighted by atomic mass is 16.3. The first-order valence-corrected chi connectivity index (χ1v) is 9.42. The maximum atomic E-state index is 12.7. The fourth-order valence-corrected chi connectivity index (χ4v) is 4.47. The predicted octanol–water partition coefficient (Wildman–Crippen LogP) is 1.78. The molecule has 0 amide bonds. The van der Waals surface area contributed by atoms with Crippen molar-refractivity contribution in [2.75, 3.05) is 11.4 Å². The maximum Gasteiger partial charge on any atom is 0.260 e. The number of anilines is 1. The molecule has 1 aromatic heterocycles. The number of rotatable bonds is 1. The van der Waals surface area contributed by atoms with Gasteiger partial charge in [-0.2, -0.15) is 5.26 Å². The van der Waals surface area contributed by atoms with E-state index in [1.54, 1.807) is 6.08 Å². The Morgan fingerprint density at radius 2 is 2.07 bits per heavy atom. The molecule has 0 atom stereocenters. The summed E-state index contributed by atoms with van der Waals surface area (Å²) in [5, 5.41) is 20.0. The second-order valence-corrected chi connectivity index (χ2v) is 7.98. The molecule has 2 aromatic rings. The molecule has 1 aromatic carbocycles. The van der Waals surface area contributed by atoms with Crippen LogP contribution < -0.4 is 20.9 Å². The number of hydrogen-bond donors (Lipinski definition) is 1. The first-order chi connectivity index (χ1) is 13.3. The van der Waals surface area contributed by atoms with E-state index < -0.39 is 0 Å². The standard InChI is InChI=1S/C23H23N3O2/c1-14-16(21(27)25(4)22(28)17(14)13-24)10-11-19-23(2,3)18-9-5-7-15-8-6-12-26(19)20(15)18/h5,7,9-11,28H,1,6,8,12H2,2-4H3/b16-10-,19-11?. The number of allylic oxidation sites excluding steroid dienone is 2. The zero-order valence-corrected chi connectivity index (χ0v) is 16.4. The quantitative estimate of drug-likeness (QED) is 0.827. The number of benzene rings is 1. The SMILES string of the molecule is C=c1c(C#N)c(O)n(C)c(=O)/c1=C\C=C1N2CCCc3cccc(c32)C1(C)C. The second-order valence-electron chi connectivity index (χ2n) is 7.98. The molecular formula is C23H23N3O2. The molecule has 0 fully saturated rings. The van der Waals surface area contributed by atoms with Crippen LogP contribution in [0.3, 0.4) is 0 Å². The van der Waals surface area contributed by atoms with Crippen molar-refractivity contribution in [1.29, 1.82) is 5.26 Å². The van der Waals surface area contributed by atoms with Gasteiger partial charge in [-0.15, -0.1) is 0 Å². The topological polar surface area (TPSA) is 69.3 Å². The van der Waals surface area contributed by atoms with Crippen LogP contribution in [0.1, 0.15) is 37.0 Å². The van der Waals surface area contributed by atoms with E-state index in [-0.39, 0.29) is 27.6 Å². The largest absolute Gasteiger partial charge is 0.493 e. The number of pyridine rings is 1. The highest BCUT2D eigenvalue weighted by Gasteiger charge is 2.41. The molecule has 0 aliphatic carbocycles. The Kier molecular flexibility index (Phi) is 3.97. The highest BCUT2D eigenvalue weighted by Crippen LogP contribution is 2.50. The molecule has 1 N–H and O–H groups in total. The summed E-state index contributed by atoms with van der Waals surface area (Å²) in [5.74, 6) is -0.350. The highest BCUT2D eigenvalue weighted by molar-refractivity contribution is 5.76. The molecule has 0 saturated heterocycles. The van der Waals surface area contributed by atoms with Gasteiger partial charge in [0.05, 0.1) is 0 Å². The van der Waals surface area contributed by atoms with Gasteiger partial charge >= 0.3 is 0 Å². The fraction of sp³-hybridized carbons (Fsp3) is 0.304. The van der Waals surface area contributed by atoms with Gasteiger partial charge in [0.25, 0.3) is 5.56 Å². The lowest BCUT2D eigenvalue weighted by molar-refractivity contribution is 0.420. The average Bonchev–Trinajstić information content (AvgIpc) is 2.90. The van der Waals surface area contributed by atoms with Crippen LogP contribution in [0.15, 0.2) is 34.8 Å². The smallest absolute Gasteiger partial charge is 0.260 e. The van der Waals surface area contributed by atoms with Crippen molar-refractivity contribution in [3.63, 3.8) is 0 Å². The van der Waals surface area contributed by atoms with Crippen molar-refractivity contribution >= 4 is 18.3 Å². The molecule has 0 saturated carbocycles. The van der Waals surface area contributed by atoms with Crippen LogP contribution in [-0.2, 0) is 18.9 Å². The molecule has 2 aliphatic heterocycles. The third-order valence-electron chi connectivity index (χ3n) is 6.04. The summed E-state index contributed by atoms with van der Waals surface area (Å²) in [6, 6.07) is 8.43.